The lowest BCUT2D eigenvalue weighted by Crippen LogP contribution is -2.32. The predicted molar refractivity (Wildman–Crippen MR) is 164 cm³/mol. The molecule has 0 radical (unpaired) electrons. The number of imide groups is 2. The fourth-order valence-electron chi connectivity index (χ4n) is 4.57. The van der Waals surface area contributed by atoms with Gasteiger partial charge in [0.05, 0.1) is 19.5 Å². The monoisotopic (exact) mass is 608 g/mol. The molecule has 0 aliphatic carbocycles. The average molecular weight is 609 g/mol. The Kier molecular flexibility index (Phi) is 10.4. The third-order valence-electron chi connectivity index (χ3n) is 6.90. The fourth-order valence-corrected chi connectivity index (χ4v) is 4.57. The summed E-state index contributed by atoms with van der Waals surface area (Å²) in [6.45, 7) is 2.01. The van der Waals surface area contributed by atoms with Crippen LogP contribution in [-0.4, -0.2) is 60.1 Å². The van der Waals surface area contributed by atoms with Gasteiger partial charge in [-0.2, -0.15) is 0 Å². The number of hydrogen-bond acceptors (Lipinski definition) is 8. The number of ether oxygens (including phenoxy) is 4. The Labute approximate surface area is 260 Å². The number of benzene rings is 4. The van der Waals surface area contributed by atoms with Crippen LogP contribution in [0.25, 0.3) is 0 Å². The average Bonchev–Trinajstić information content (AvgIpc) is 3.72. The number of nitrogens with zero attached hydrogens (tertiary/aromatic N) is 2. The topological polar surface area (TPSA) is 112 Å². The van der Waals surface area contributed by atoms with Crippen LogP contribution >= 0.6 is 0 Å². The molecule has 10 nitrogen and oxygen atoms in total. The second-order valence-corrected chi connectivity index (χ2v) is 10.1. The molecule has 2 fully saturated rings. The van der Waals surface area contributed by atoms with Gasteiger partial charge in [-0.15, -0.1) is 0 Å². The van der Waals surface area contributed by atoms with Crippen molar-refractivity contribution in [2.24, 2.45) is 0 Å². The summed E-state index contributed by atoms with van der Waals surface area (Å²) in [5.74, 6) is 0.658. The molecule has 2 aliphatic heterocycles. The summed E-state index contributed by atoms with van der Waals surface area (Å²) in [6, 6.07) is 33.8. The smallest absolute Gasteiger partial charge is 0.416 e. The summed E-state index contributed by atoms with van der Waals surface area (Å²) < 4.78 is 21.0. The van der Waals surface area contributed by atoms with Gasteiger partial charge in [-0.05, 0) is 47.0 Å². The molecule has 0 aromatic heterocycles. The molecule has 0 spiro atoms. The molecule has 0 unspecified atom stereocenters. The Morgan fingerprint density at radius 1 is 0.600 bits per heavy atom. The van der Waals surface area contributed by atoms with E-state index in [0.717, 1.165) is 26.5 Å². The molecule has 0 saturated carbocycles. The van der Waals surface area contributed by atoms with Gasteiger partial charge in [0.1, 0.15) is 37.9 Å². The minimum atomic E-state index is -0.597. The zero-order valence-corrected chi connectivity index (χ0v) is 24.5. The van der Waals surface area contributed by atoms with Crippen molar-refractivity contribution in [1.82, 2.24) is 9.80 Å². The van der Waals surface area contributed by atoms with Gasteiger partial charge in [0.15, 0.2) is 0 Å². The normalized spacial score (nSPS) is 13.8. The molecule has 4 aromatic carbocycles. The Morgan fingerprint density at radius 3 is 1.67 bits per heavy atom. The lowest BCUT2D eigenvalue weighted by Gasteiger charge is -2.12. The van der Waals surface area contributed by atoms with Crippen LogP contribution in [0.3, 0.4) is 0 Å². The van der Waals surface area contributed by atoms with Crippen LogP contribution in [0, 0.1) is 0 Å². The molecule has 0 atom stereocenters. The van der Waals surface area contributed by atoms with Crippen LogP contribution in [-0.2, 0) is 33.9 Å². The van der Waals surface area contributed by atoms with Crippen LogP contribution in [0.2, 0.25) is 0 Å². The molecule has 2 saturated heterocycles. The van der Waals surface area contributed by atoms with E-state index in [4.69, 9.17) is 18.9 Å². The predicted octanol–water partition coefficient (Wildman–Crippen LogP) is 5.64. The van der Waals surface area contributed by atoms with Gasteiger partial charge in [0.25, 0.3) is 5.91 Å². The molecule has 2 aliphatic rings. The van der Waals surface area contributed by atoms with Crippen molar-refractivity contribution in [3.8, 4) is 11.5 Å². The van der Waals surface area contributed by atoms with Gasteiger partial charge >= 0.3 is 12.2 Å². The van der Waals surface area contributed by atoms with E-state index in [1.54, 1.807) is 24.3 Å². The van der Waals surface area contributed by atoms with Crippen molar-refractivity contribution < 1.29 is 38.1 Å². The minimum absolute atomic E-state index is 0.150. The van der Waals surface area contributed by atoms with Crippen LogP contribution < -0.4 is 9.47 Å². The van der Waals surface area contributed by atoms with Crippen LogP contribution in [0.1, 0.15) is 27.0 Å². The number of carbonyl (C=O) groups is 4. The first-order chi connectivity index (χ1) is 22.0. The summed E-state index contributed by atoms with van der Waals surface area (Å²) in [5.41, 5.74) is 3.33. The highest BCUT2D eigenvalue weighted by Crippen LogP contribution is 2.19. The number of amides is 4. The zero-order valence-electron chi connectivity index (χ0n) is 24.5. The van der Waals surface area contributed by atoms with Crippen molar-refractivity contribution >= 4 is 24.0 Å². The summed E-state index contributed by atoms with van der Waals surface area (Å²) in [4.78, 5) is 49.4. The van der Waals surface area contributed by atoms with Gasteiger partial charge in [-0.1, -0.05) is 78.9 Å². The van der Waals surface area contributed by atoms with E-state index in [9.17, 15) is 19.2 Å². The molecule has 0 N–H and O–H groups in total. The minimum Gasteiger partial charge on any atom is -0.489 e. The Hall–Kier alpha value is -5.64. The zero-order chi connectivity index (χ0) is 31.4. The van der Waals surface area contributed by atoms with Crippen LogP contribution in [0.5, 0.6) is 11.5 Å². The van der Waals surface area contributed by atoms with Crippen molar-refractivity contribution in [1.29, 1.82) is 0 Å². The molecule has 10 heteroatoms. The number of cyclic esters (lactones) is 2. The molecule has 2 heterocycles. The molecule has 230 valence electrons. The number of hydrogen-bond donors (Lipinski definition) is 0. The molecule has 45 heavy (non-hydrogen) atoms. The Balaban J connectivity index is 0.000000178. The fraction of sp³-hybridized carbons (Fsp3) is 0.200. The van der Waals surface area contributed by atoms with Crippen LogP contribution in [0.4, 0.5) is 9.59 Å². The van der Waals surface area contributed by atoms with Gasteiger partial charge in [-0.25, -0.2) is 19.4 Å². The first kappa shape index (κ1) is 30.8. The second kappa shape index (κ2) is 15.2. The molecular weight excluding hydrogens is 576 g/mol. The molecule has 0 bridgehead atoms. The lowest BCUT2D eigenvalue weighted by atomic mass is 10.1. The van der Waals surface area contributed by atoms with Crippen molar-refractivity contribution in [3.05, 3.63) is 131 Å². The second-order valence-electron chi connectivity index (χ2n) is 10.1. The summed E-state index contributed by atoms with van der Waals surface area (Å²) in [5, 5.41) is 0. The highest BCUT2D eigenvalue weighted by Gasteiger charge is 2.29. The van der Waals surface area contributed by atoms with Crippen molar-refractivity contribution in [2.75, 3.05) is 26.3 Å². The maximum Gasteiger partial charge on any atom is 0.416 e. The quantitative estimate of drug-likeness (QED) is 0.240. The van der Waals surface area contributed by atoms with Crippen molar-refractivity contribution in [3.63, 3.8) is 0 Å². The Morgan fingerprint density at radius 2 is 1.11 bits per heavy atom. The van der Waals surface area contributed by atoms with E-state index < -0.39 is 12.2 Å². The van der Waals surface area contributed by atoms with Gasteiger partial charge in [0.2, 0.25) is 5.91 Å². The van der Waals surface area contributed by atoms with Gasteiger partial charge in [0, 0.05) is 5.56 Å². The maximum atomic E-state index is 12.3. The first-order valence-electron chi connectivity index (χ1n) is 14.4. The summed E-state index contributed by atoms with van der Waals surface area (Å²) in [7, 11) is 0. The highest BCUT2D eigenvalue weighted by atomic mass is 16.6. The SMILES string of the molecule is O=C(Cc1cccc(OCc2ccccc2)c1)N1CCOC1=O.O=C1OCCN1C(=O)c1cccc(OCc2ccccc2)c1. The van der Waals surface area contributed by atoms with Gasteiger partial charge in [-0.3, -0.25) is 9.59 Å². The standard InChI is InChI=1S/C18H17NO4.C17H15NO4/c20-17(19-9-10-22-18(19)21)12-15-7-4-8-16(11-15)23-13-14-5-2-1-3-6-14;19-16(18-9-10-21-17(18)20)14-7-4-8-15(11-14)22-12-13-5-2-1-3-6-13/h1-8,11H,9-10,12-13H2;1-8,11H,9-10,12H2. The molecule has 4 aromatic rings. The molecule has 4 amide bonds. The Bertz CT molecular complexity index is 1630. The van der Waals surface area contributed by atoms with E-state index in [1.165, 1.54) is 0 Å². The molecule has 6 rings (SSSR count). The largest absolute Gasteiger partial charge is 0.489 e. The lowest BCUT2D eigenvalue weighted by molar-refractivity contribution is -0.127. The van der Waals surface area contributed by atoms with E-state index in [1.807, 2.05) is 84.9 Å². The van der Waals surface area contributed by atoms with Gasteiger partial charge < -0.3 is 18.9 Å². The first-order valence-corrected chi connectivity index (χ1v) is 14.4. The van der Waals surface area contributed by atoms with E-state index in [-0.39, 0.29) is 38.0 Å². The number of carbonyl (C=O) groups excluding carboxylic acids is 4. The third-order valence-corrected chi connectivity index (χ3v) is 6.90. The van der Waals surface area contributed by atoms with Crippen molar-refractivity contribution in [2.45, 2.75) is 19.6 Å². The maximum absolute atomic E-state index is 12.3. The number of rotatable bonds is 9. The van der Waals surface area contributed by atoms with E-state index in [0.29, 0.717) is 36.8 Å². The van der Waals surface area contributed by atoms with Crippen LogP contribution in [0.15, 0.2) is 109 Å². The van der Waals surface area contributed by atoms with E-state index >= 15 is 0 Å². The summed E-state index contributed by atoms with van der Waals surface area (Å²) in [6.07, 6.45) is -1.01. The molecular formula is C35H32N2O8. The summed E-state index contributed by atoms with van der Waals surface area (Å²) >= 11 is 0. The van der Waals surface area contributed by atoms with E-state index in [2.05, 4.69) is 0 Å². The third kappa shape index (κ3) is 8.70. The highest BCUT2D eigenvalue weighted by molar-refractivity contribution is 6.03.